The number of methoxy groups -OCH3 is 1. The maximum absolute atomic E-state index is 13.2. The standard InChI is InChI=1S/C21H18N2O2/c1-25-19-14-8-6-12-17(19)20-22-18-13-7-5-11-16(18)21(24)23(20)15-9-3-2-4-10-15/h2-14,20,22H,1H3/t20-/m1/s1. The molecule has 3 aromatic carbocycles. The molecule has 124 valence electrons. The van der Waals surface area contributed by atoms with Crippen LogP contribution in [0, 0.1) is 0 Å². The Bertz CT molecular complexity index is 909. The Hall–Kier alpha value is -3.27. The van der Waals surface area contributed by atoms with E-state index in [-0.39, 0.29) is 12.1 Å². The van der Waals surface area contributed by atoms with E-state index in [1.54, 1.807) is 12.0 Å². The molecule has 0 saturated heterocycles. The van der Waals surface area contributed by atoms with E-state index < -0.39 is 0 Å². The van der Waals surface area contributed by atoms with E-state index in [2.05, 4.69) is 5.32 Å². The molecule has 0 saturated carbocycles. The molecule has 0 radical (unpaired) electrons. The third-order valence-corrected chi connectivity index (χ3v) is 4.39. The molecule has 4 rings (SSSR count). The molecule has 1 aliphatic rings. The fourth-order valence-corrected chi connectivity index (χ4v) is 3.22. The Morgan fingerprint density at radius 1 is 0.880 bits per heavy atom. The first-order valence-corrected chi connectivity index (χ1v) is 8.16. The van der Waals surface area contributed by atoms with Crippen LogP contribution in [0.1, 0.15) is 22.1 Å². The van der Waals surface area contributed by atoms with Crippen molar-refractivity contribution in [2.75, 3.05) is 17.3 Å². The lowest BCUT2D eigenvalue weighted by atomic mass is 10.0. The molecule has 0 aromatic heterocycles. The highest BCUT2D eigenvalue weighted by Crippen LogP contribution is 2.39. The third kappa shape index (κ3) is 2.62. The summed E-state index contributed by atoms with van der Waals surface area (Å²) in [6, 6.07) is 25.0. The van der Waals surface area contributed by atoms with Crippen molar-refractivity contribution in [1.29, 1.82) is 0 Å². The summed E-state index contributed by atoms with van der Waals surface area (Å²) in [7, 11) is 1.64. The van der Waals surface area contributed by atoms with Crippen molar-refractivity contribution >= 4 is 17.3 Å². The van der Waals surface area contributed by atoms with E-state index in [1.165, 1.54) is 0 Å². The highest BCUT2D eigenvalue weighted by molar-refractivity contribution is 6.12. The number of ether oxygens (including phenoxy) is 1. The summed E-state index contributed by atoms with van der Waals surface area (Å²) in [6.07, 6.45) is -0.346. The number of fused-ring (bicyclic) bond motifs is 1. The minimum atomic E-state index is -0.346. The minimum Gasteiger partial charge on any atom is -0.496 e. The Morgan fingerprint density at radius 3 is 2.36 bits per heavy atom. The predicted molar refractivity (Wildman–Crippen MR) is 99.1 cm³/mol. The second kappa shape index (κ2) is 6.32. The summed E-state index contributed by atoms with van der Waals surface area (Å²) >= 11 is 0. The lowest BCUT2D eigenvalue weighted by Gasteiger charge is -2.38. The molecule has 25 heavy (non-hydrogen) atoms. The average molecular weight is 330 g/mol. The molecule has 0 unspecified atom stereocenters. The van der Waals surface area contributed by atoms with Crippen molar-refractivity contribution in [2.45, 2.75) is 6.17 Å². The van der Waals surface area contributed by atoms with Gasteiger partial charge in [-0.05, 0) is 30.3 Å². The smallest absolute Gasteiger partial charge is 0.262 e. The summed E-state index contributed by atoms with van der Waals surface area (Å²) in [6.45, 7) is 0. The number of nitrogens with one attached hydrogen (secondary N) is 1. The number of carbonyl (C=O) groups excluding carboxylic acids is 1. The lowest BCUT2D eigenvalue weighted by Crippen LogP contribution is -2.43. The van der Waals surface area contributed by atoms with E-state index in [4.69, 9.17) is 4.74 Å². The number of anilines is 2. The fraction of sp³-hybridized carbons (Fsp3) is 0.0952. The van der Waals surface area contributed by atoms with Crippen LogP contribution >= 0.6 is 0 Å². The fourth-order valence-electron chi connectivity index (χ4n) is 3.22. The van der Waals surface area contributed by atoms with Crippen LogP contribution in [0.4, 0.5) is 11.4 Å². The van der Waals surface area contributed by atoms with Gasteiger partial charge in [-0.1, -0.05) is 48.5 Å². The maximum atomic E-state index is 13.2. The number of para-hydroxylation sites is 3. The van der Waals surface area contributed by atoms with Gasteiger partial charge in [0.15, 0.2) is 0 Å². The molecule has 1 aliphatic heterocycles. The van der Waals surface area contributed by atoms with Gasteiger partial charge in [-0.25, -0.2) is 0 Å². The second-order valence-electron chi connectivity index (χ2n) is 5.85. The molecule has 0 fully saturated rings. The lowest BCUT2D eigenvalue weighted by molar-refractivity contribution is 0.0974. The van der Waals surface area contributed by atoms with Gasteiger partial charge in [0.25, 0.3) is 5.91 Å². The van der Waals surface area contributed by atoms with Crippen molar-refractivity contribution in [1.82, 2.24) is 0 Å². The van der Waals surface area contributed by atoms with Crippen LogP contribution in [0.2, 0.25) is 0 Å². The molecule has 4 heteroatoms. The molecule has 0 aliphatic carbocycles. The molecule has 3 aromatic rings. The van der Waals surface area contributed by atoms with Crippen LogP contribution in [-0.4, -0.2) is 13.0 Å². The SMILES string of the molecule is COc1ccccc1[C@@H]1Nc2ccccc2C(=O)N1c1ccccc1. The summed E-state index contributed by atoms with van der Waals surface area (Å²) < 4.78 is 5.53. The van der Waals surface area contributed by atoms with Crippen molar-refractivity contribution in [3.05, 3.63) is 90.0 Å². The number of benzene rings is 3. The van der Waals surface area contributed by atoms with Crippen molar-refractivity contribution in [2.24, 2.45) is 0 Å². The minimum absolute atomic E-state index is 0.0311. The first-order chi connectivity index (χ1) is 12.3. The quantitative estimate of drug-likeness (QED) is 0.770. The van der Waals surface area contributed by atoms with Crippen LogP contribution in [0.15, 0.2) is 78.9 Å². The summed E-state index contributed by atoms with van der Waals surface area (Å²) in [4.78, 5) is 15.0. The number of hydrogen-bond acceptors (Lipinski definition) is 3. The monoisotopic (exact) mass is 330 g/mol. The molecule has 0 bridgehead atoms. The first-order valence-electron chi connectivity index (χ1n) is 8.16. The molecule has 4 nitrogen and oxygen atoms in total. The van der Waals surface area contributed by atoms with Gasteiger partial charge in [-0.15, -0.1) is 0 Å². The molecule has 1 atom stereocenters. The van der Waals surface area contributed by atoms with Gasteiger partial charge in [-0.3, -0.25) is 9.69 Å². The largest absolute Gasteiger partial charge is 0.496 e. The Morgan fingerprint density at radius 2 is 1.56 bits per heavy atom. The van der Waals surface area contributed by atoms with Crippen molar-refractivity contribution < 1.29 is 9.53 Å². The van der Waals surface area contributed by atoms with Crippen LogP contribution < -0.4 is 15.0 Å². The Balaban J connectivity index is 1.89. The average Bonchev–Trinajstić information content (AvgIpc) is 2.68. The molecular formula is C21H18N2O2. The van der Waals surface area contributed by atoms with Gasteiger partial charge in [0.1, 0.15) is 11.9 Å². The third-order valence-electron chi connectivity index (χ3n) is 4.39. The summed E-state index contributed by atoms with van der Waals surface area (Å²) in [5, 5.41) is 3.49. The van der Waals surface area contributed by atoms with Gasteiger partial charge in [0.05, 0.1) is 12.7 Å². The summed E-state index contributed by atoms with van der Waals surface area (Å²) in [5.41, 5.74) is 3.25. The topological polar surface area (TPSA) is 41.6 Å². The Labute approximate surface area is 146 Å². The maximum Gasteiger partial charge on any atom is 0.262 e. The van der Waals surface area contributed by atoms with Gasteiger partial charge in [-0.2, -0.15) is 0 Å². The predicted octanol–water partition coefficient (Wildman–Crippen LogP) is 4.47. The zero-order valence-corrected chi connectivity index (χ0v) is 13.8. The highest BCUT2D eigenvalue weighted by Gasteiger charge is 2.35. The molecular weight excluding hydrogens is 312 g/mol. The van der Waals surface area contributed by atoms with Crippen LogP contribution in [0.3, 0.4) is 0 Å². The number of hydrogen-bond donors (Lipinski definition) is 1. The van der Waals surface area contributed by atoms with Gasteiger partial charge in [0.2, 0.25) is 0 Å². The van der Waals surface area contributed by atoms with E-state index >= 15 is 0 Å². The van der Waals surface area contributed by atoms with Crippen LogP contribution in [0.25, 0.3) is 0 Å². The number of carbonyl (C=O) groups is 1. The molecule has 1 heterocycles. The van der Waals surface area contributed by atoms with Gasteiger partial charge in [0, 0.05) is 16.9 Å². The van der Waals surface area contributed by atoms with E-state index in [0.717, 1.165) is 22.7 Å². The van der Waals surface area contributed by atoms with Crippen molar-refractivity contribution in [3.63, 3.8) is 0 Å². The van der Waals surface area contributed by atoms with Crippen LogP contribution in [0.5, 0.6) is 5.75 Å². The van der Waals surface area contributed by atoms with Gasteiger partial charge >= 0.3 is 0 Å². The molecule has 0 spiro atoms. The van der Waals surface area contributed by atoms with E-state index in [0.29, 0.717) is 5.56 Å². The number of rotatable bonds is 3. The second-order valence-corrected chi connectivity index (χ2v) is 5.85. The van der Waals surface area contributed by atoms with E-state index in [1.807, 2.05) is 78.9 Å². The van der Waals surface area contributed by atoms with Crippen molar-refractivity contribution in [3.8, 4) is 5.75 Å². The number of nitrogens with zero attached hydrogens (tertiary/aromatic N) is 1. The van der Waals surface area contributed by atoms with E-state index in [9.17, 15) is 4.79 Å². The normalized spacial score (nSPS) is 16.1. The van der Waals surface area contributed by atoms with Gasteiger partial charge < -0.3 is 10.1 Å². The zero-order valence-electron chi connectivity index (χ0n) is 13.8. The number of amides is 1. The molecule has 1 amide bonds. The highest BCUT2D eigenvalue weighted by atomic mass is 16.5. The Kier molecular flexibility index (Phi) is 3.86. The van der Waals surface area contributed by atoms with Crippen LogP contribution in [-0.2, 0) is 0 Å². The zero-order chi connectivity index (χ0) is 17.2. The summed E-state index contributed by atoms with van der Waals surface area (Å²) in [5.74, 6) is 0.713. The molecule has 1 N–H and O–H groups in total. The first kappa shape index (κ1) is 15.3.